The lowest BCUT2D eigenvalue weighted by molar-refractivity contribution is 0.0940. The second-order valence-electron chi connectivity index (χ2n) is 5.42. The zero-order chi connectivity index (χ0) is 18.3. The van der Waals surface area contributed by atoms with Gasteiger partial charge in [-0.25, -0.2) is 13.6 Å². The van der Waals surface area contributed by atoms with Crippen molar-refractivity contribution in [3.05, 3.63) is 23.8 Å². The van der Waals surface area contributed by atoms with E-state index in [1.165, 1.54) is 19.2 Å². The molecule has 0 atom stereocenters. The number of methoxy groups -OCH3 is 1. The van der Waals surface area contributed by atoms with Gasteiger partial charge in [0.05, 0.1) is 17.6 Å². The van der Waals surface area contributed by atoms with E-state index >= 15 is 0 Å². The Morgan fingerprint density at radius 3 is 2.54 bits per heavy atom. The number of hydrogen-bond acceptors (Lipinski definition) is 5. The van der Waals surface area contributed by atoms with Crippen LogP contribution >= 0.6 is 12.2 Å². The van der Waals surface area contributed by atoms with Crippen LogP contribution in [-0.4, -0.2) is 33.1 Å². The van der Waals surface area contributed by atoms with Crippen molar-refractivity contribution in [3.8, 4) is 5.75 Å². The van der Waals surface area contributed by atoms with Crippen molar-refractivity contribution in [1.29, 1.82) is 0 Å². The second kappa shape index (κ2) is 8.81. The number of hydrogen-bond donors (Lipinski definition) is 4. The molecule has 1 aromatic rings. The van der Waals surface area contributed by atoms with Crippen molar-refractivity contribution >= 4 is 33.3 Å². The van der Waals surface area contributed by atoms with Crippen LogP contribution < -0.4 is 26.0 Å². The topological polar surface area (TPSA) is 123 Å². The maximum absolute atomic E-state index is 12.2. The second-order valence-corrected chi connectivity index (χ2v) is 7.39. The molecule has 24 heavy (non-hydrogen) atoms. The molecule has 0 unspecified atom stereocenters. The van der Waals surface area contributed by atoms with Gasteiger partial charge in [0.2, 0.25) is 10.0 Å². The third-order valence-electron chi connectivity index (χ3n) is 3.04. The van der Waals surface area contributed by atoms with Gasteiger partial charge < -0.3 is 10.1 Å². The number of primary sulfonamides is 1. The predicted octanol–water partition coefficient (Wildman–Crippen LogP) is 0.498. The van der Waals surface area contributed by atoms with E-state index in [4.69, 9.17) is 22.1 Å². The fourth-order valence-corrected chi connectivity index (χ4v) is 2.43. The summed E-state index contributed by atoms with van der Waals surface area (Å²) in [4.78, 5) is 12.0. The minimum Gasteiger partial charge on any atom is -0.496 e. The van der Waals surface area contributed by atoms with Crippen molar-refractivity contribution in [2.24, 2.45) is 11.1 Å². The molecule has 0 aromatic heterocycles. The van der Waals surface area contributed by atoms with Gasteiger partial charge in [-0.2, -0.15) is 0 Å². The minimum absolute atomic E-state index is 0.0153. The smallest absolute Gasteiger partial charge is 0.273 e. The van der Waals surface area contributed by atoms with E-state index in [1.54, 1.807) is 0 Å². The van der Waals surface area contributed by atoms with Crippen molar-refractivity contribution in [2.45, 2.75) is 25.2 Å². The lowest BCUT2D eigenvalue weighted by atomic mass is 10.1. The Labute approximate surface area is 147 Å². The van der Waals surface area contributed by atoms with E-state index in [0.29, 0.717) is 12.5 Å². The summed E-state index contributed by atoms with van der Waals surface area (Å²) in [6.45, 7) is 4.85. The molecule has 10 heteroatoms. The molecule has 1 aromatic carbocycles. The molecule has 1 rings (SSSR count). The number of ether oxygens (including phenoxy) is 1. The van der Waals surface area contributed by atoms with Gasteiger partial charge in [0.15, 0.2) is 5.11 Å². The first kappa shape index (κ1) is 20.1. The molecule has 0 radical (unpaired) electrons. The Balaban J connectivity index is 2.75. The third kappa shape index (κ3) is 6.30. The average molecular weight is 374 g/mol. The summed E-state index contributed by atoms with van der Waals surface area (Å²) < 4.78 is 27.9. The maximum Gasteiger partial charge on any atom is 0.273 e. The first-order valence-corrected chi connectivity index (χ1v) is 9.15. The van der Waals surface area contributed by atoms with Gasteiger partial charge in [-0.3, -0.25) is 15.6 Å². The zero-order valence-electron chi connectivity index (χ0n) is 13.8. The van der Waals surface area contributed by atoms with Crippen LogP contribution in [0.4, 0.5) is 0 Å². The quantitative estimate of drug-likeness (QED) is 0.422. The average Bonchev–Trinajstić information content (AvgIpc) is 2.50. The number of amides is 1. The molecule has 5 N–H and O–H groups in total. The summed E-state index contributed by atoms with van der Waals surface area (Å²) in [6, 6.07) is 3.75. The lowest BCUT2D eigenvalue weighted by Gasteiger charge is -2.14. The lowest BCUT2D eigenvalue weighted by Crippen LogP contribution is -2.47. The number of carbonyl (C=O) groups excluding carboxylic acids is 1. The maximum atomic E-state index is 12.2. The van der Waals surface area contributed by atoms with Gasteiger partial charge in [-0.15, -0.1) is 0 Å². The number of nitrogens with one attached hydrogen (secondary N) is 3. The third-order valence-corrected chi connectivity index (χ3v) is 4.20. The number of thiocarbonyl (C=S) groups is 1. The van der Waals surface area contributed by atoms with E-state index in [-0.39, 0.29) is 21.3 Å². The summed E-state index contributed by atoms with van der Waals surface area (Å²) >= 11 is 5.04. The highest BCUT2D eigenvalue weighted by Crippen LogP contribution is 2.21. The highest BCUT2D eigenvalue weighted by molar-refractivity contribution is 7.89. The Morgan fingerprint density at radius 1 is 1.33 bits per heavy atom. The van der Waals surface area contributed by atoms with E-state index in [9.17, 15) is 13.2 Å². The normalized spacial score (nSPS) is 11.0. The minimum atomic E-state index is -3.93. The molecule has 1 amide bonds. The van der Waals surface area contributed by atoms with Gasteiger partial charge >= 0.3 is 0 Å². The van der Waals surface area contributed by atoms with Crippen molar-refractivity contribution < 1.29 is 17.9 Å². The van der Waals surface area contributed by atoms with Crippen LogP contribution in [0.1, 0.15) is 30.6 Å². The predicted molar refractivity (Wildman–Crippen MR) is 95.0 cm³/mol. The van der Waals surface area contributed by atoms with Gasteiger partial charge in [0.25, 0.3) is 5.91 Å². The molecule has 0 saturated carbocycles. The Hall–Kier alpha value is -1.91. The highest BCUT2D eigenvalue weighted by Gasteiger charge is 2.17. The largest absolute Gasteiger partial charge is 0.496 e. The summed E-state index contributed by atoms with van der Waals surface area (Å²) in [6.07, 6.45) is 0.931. The first-order valence-electron chi connectivity index (χ1n) is 7.20. The highest BCUT2D eigenvalue weighted by atomic mass is 32.2. The molecule has 0 spiro atoms. The molecular weight excluding hydrogens is 352 g/mol. The van der Waals surface area contributed by atoms with Gasteiger partial charge in [0.1, 0.15) is 5.75 Å². The van der Waals surface area contributed by atoms with E-state index in [1.807, 2.05) is 0 Å². The molecule has 0 aliphatic heterocycles. The number of nitrogens with two attached hydrogens (primary N) is 1. The van der Waals surface area contributed by atoms with Crippen molar-refractivity contribution in [3.63, 3.8) is 0 Å². The summed E-state index contributed by atoms with van der Waals surface area (Å²) in [7, 11) is -2.56. The molecular formula is C14H22N4O4S2. The van der Waals surface area contributed by atoms with Crippen molar-refractivity contribution in [2.75, 3.05) is 13.7 Å². The zero-order valence-corrected chi connectivity index (χ0v) is 15.4. The van der Waals surface area contributed by atoms with Gasteiger partial charge in [-0.1, -0.05) is 13.8 Å². The Morgan fingerprint density at radius 2 is 2.00 bits per heavy atom. The molecule has 8 nitrogen and oxygen atoms in total. The molecule has 0 saturated heterocycles. The summed E-state index contributed by atoms with van der Waals surface area (Å²) in [5.41, 5.74) is 4.95. The molecule has 134 valence electrons. The number of benzene rings is 1. The van der Waals surface area contributed by atoms with Gasteiger partial charge in [0, 0.05) is 6.54 Å². The monoisotopic (exact) mass is 374 g/mol. The Bertz CT molecular complexity index is 705. The fraction of sp³-hybridized carbons (Fsp3) is 0.429. The van der Waals surface area contributed by atoms with E-state index < -0.39 is 15.9 Å². The summed E-state index contributed by atoms with van der Waals surface area (Å²) in [5, 5.41) is 8.27. The van der Waals surface area contributed by atoms with Crippen LogP contribution in [-0.2, 0) is 10.0 Å². The number of sulfonamides is 1. The number of rotatable bonds is 6. The van der Waals surface area contributed by atoms with Crippen LogP contribution in [0.2, 0.25) is 0 Å². The number of carbonyl (C=O) groups is 1. The van der Waals surface area contributed by atoms with Crippen LogP contribution in [0.15, 0.2) is 23.1 Å². The molecule has 0 fully saturated rings. The van der Waals surface area contributed by atoms with Crippen LogP contribution in [0.25, 0.3) is 0 Å². The molecule has 0 bridgehead atoms. The van der Waals surface area contributed by atoms with E-state index in [2.05, 4.69) is 30.0 Å². The summed E-state index contributed by atoms with van der Waals surface area (Å²) in [5.74, 6) is 0.130. The van der Waals surface area contributed by atoms with Crippen molar-refractivity contribution in [1.82, 2.24) is 16.2 Å². The molecule has 0 heterocycles. The first-order chi connectivity index (χ1) is 11.1. The fourth-order valence-electron chi connectivity index (χ4n) is 1.74. The SMILES string of the molecule is COc1ccc(S(N)(=O)=O)cc1C(=O)NNC(=S)NCCC(C)C. The van der Waals surface area contributed by atoms with Gasteiger partial charge in [-0.05, 0) is 42.8 Å². The van der Waals surface area contributed by atoms with E-state index in [0.717, 1.165) is 12.5 Å². The van der Waals surface area contributed by atoms with Crippen LogP contribution in [0, 0.1) is 5.92 Å². The molecule has 0 aliphatic rings. The standard InChI is InChI=1S/C14H22N4O4S2/c1-9(2)6-7-16-14(23)18-17-13(19)11-8-10(24(15,20)21)4-5-12(11)22-3/h4-5,8-9H,6-7H2,1-3H3,(H,17,19)(H2,15,20,21)(H2,16,18,23). The molecule has 0 aliphatic carbocycles. The Kier molecular flexibility index (Phi) is 7.39. The van der Waals surface area contributed by atoms with Crippen LogP contribution in [0.5, 0.6) is 5.75 Å². The number of hydrazine groups is 1. The van der Waals surface area contributed by atoms with Crippen LogP contribution in [0.3, 0.4) is 0 Å².